The van der Waals surface area contributed by atoms with Crippen molar-refractivity contribution in [2.75, 3.05) is 33.9 Å². The van der Waals surface area contributed by atoms with Crippen molar-refractivity contribution >= 4 is 29.2 Å². The summed E-state index contributed by atoms with van der Waals surface area (Å²) < 4.78 is 33.2. The summed E-state index contributed by atoms with van der Waals surface area (Å²) in [5, 5.41) is 0.517. The number of carbonyl (C=O) groups is 2. The van der Waals surface area contributed by atoms with Crippen LogP contribution >= 0.6 is 11.6 Å². The molecule has 1 atom stereocenters. The smallest absolute Gasteiger partial charge is 0.410 e. The fraction of sp³-hybridized carbons (Fsp3) is 0.344. The molecule has 0 N–H and O–H groups in total. The SMILES string of the molecule is COc1cccc2nc(C(=O)N(CCN(C)C(=O)OC(C)(C)C)C3COc4cc(Cl)ccc43)c(-c3ccc(F)c(C)c3)n12. The van der Waals surface area contributed by atoms with E-state index in [1.54, 1.807) is 86.5 Å². The van der Waals surface area contributed by atoms with Crippen LogP contribution in [0.2, 0.25) is 5.02 Å². The number of likely N-dealkylation sites (N-methyl/N-ethyl adjacent to an activating group) is 1. The lowest BCUT2D eigenvalue weighted by atomic mass is 10.0. The van der Waals surface area contributed by atoms with Crippen molar-refractivity contribution < 1.29 is 28.2 Å². The molecule has 0 saturated carbocycles. The predicted octanol–water partition coefficient (Wildman–Crippen LogP) is 6.55. The summed E-state index contributed by atoms with van der Waals surface area (Å²) in [5.74, 6) is 0.294. The Kier molecular flexibility index (Phi) is 8.25. The Balaban J connectivity index is 1.61. The minimum absolute atomic E-state index is 0.150. The first kappa shape index (κ1) is 30.2. The van der Waals surface area contributed by atoms with E-state index in [1.807, 2.05) is 6.07 Å². The maximum atomic E-state index is 14.7. The van der Waals surface area contributed by atoms with Crippen LogP contribution in [0.4, 0.5) is 9.18 Å². The zero-order valence-corrected chi connectivity index (χ0v) is 25.7. The third kappa shape index (κ3) is 6.10. The molecule has 1 unspecified atom stereocenters. The highest BCUT2D eigenvalue weighted by Gasteiger charge is 2.36. The van der Waals surface area contributed by atoms with Crippen molar-refractivity contribution in [3.63, 3.8) is 0 Å². The summed E-state index contributed by atoms with van der Waals surface area (Å²) in [5.41, 5.74) is 2.24. The summed E-state index contributed by atoms with van der Waals surface area (Å²) in [6, 6.07) is 14.8. The van der Waals surface area contributed by atoms with Crippen LogP contribution in [0.15, 0.2) is 54.6 Å². The molecule has 0 radical (unpaired) electrons. The average molecular weight is 609 g/mol. The van der Waals surface area contributed by atoms with Crippen LogP contribution in [-0.4, -0.2) is 70.6 Å². The van der Waals surface area contributed by atoms with E-state index in [2.05, 4.69) is 0 Å². The number of pyridine rings is 1. The number of halogens is 2. The molecule has 2 amide bonds. The molecule has 0 fully saturated rings. The number of nitrogens with zero attached hydrogens (tertiary/aromatic N) is 4. The number of hydrogen-bond acceptors (Lipinski definition) is 6. The van der Waals surface area contributed by atoms with E-state index in [1.165, 1.54) is 18.1 Å². The highest BCUT2D eigenvalue weighted by molar-refractivity contribution is 6.30. The van der Waals surface area contributed by atoms with Crippen molar-refractivity contribution in [2.24, 2.45) is 0 Å². The van der Waals surface area contributed by atoms with Gasteiger partial charge in [0.2, 0.25) is 0 Å². The predicted molar refractivity (Wildman–Crippen MR) is 161 cm³/mol. The van der Waals surface area contributed by atoms with Gasteiger partial charge in [0.05, 0.1) is 18.8 Å². The lowest BCUT2D eigenvalue weighted by molar-refractivity contribution is 0.0262. The van der Waals surface area contributed by atoms with Crippen LogP contribution in [0.25, 0.3) is 16.9 Å². The number of methoxy groups -OCH3 is 1. The Morgan fingerprint density at radius 3 is 2.60 bits per heavy atom. The third-order valence-electron chi connectivity index (χ3n) is 7.20. The minimum atomic E-state index is -0.671. The molecule has 0 spiro atoms. The van der Waals surface area contributed by atoms with Crippen molar-refractivity contribution in [1.82, 2.24) is 19.2 Å². The molecule has 226 valence electrons. The Morgan fingerprint density at radius 2 is 1.91 bits per heavy atom. The number of aryl methyl sites for hydroxylation is 1. The molecule has 1 aliphatic rings. The van der Waals surface area contributed by atoms with Gasteiger partial charge in [-0.25, -0.2) is 14.2 Å². The Hall–Kier alpha value is -4.31. The maximum absolute atomic E-state index is 14.7. The van der Waals surface area contributed by atoms with Crippen molar-refractivity contribution in [1.29, 1.82) is 0 Å². The number of carbonyl (C=O) groups excluding carboxylic acids is 2. The largest absolute Gasteiger partial charge is 0.491 e. The van der Waals surface area contributed by atoms with Gasteiger partial charge in [-0.3, -0.25) is 9.20 Å². The summed E-state index contributed by atoms with van der Waals surface area (Å²) in [4.78, 5) is 35.2. The number of ether oxygens (including phenoxy) is 3. The standard InChI is InChI=1S/C32H34ClFN4O5/c1-19-16-20(10-13-23(19)34)29-28(35-26-8-7-9-27(41-6)38(26)29)30(39)37(15-14-36(5)31(40)43-32(2,3)4)24-18-42-25-17-21(33)11-12-22(24)25/h7-13,16-17,24H,14-15,18H2,1-6H3. The highest BCUT2D eigenvalue weighted by atomic mass is 35.5. The number of aromatic nitrogens is 2. The second kappa shape index (κ2) is 11.8. The van der Waals surface area contributed by atoms with Crippen LogP contribution in [-0.2, 0) is 4.74 Å². The lowest BCUT2D eigenvalue weighted by Gasteiger charge is -2.31. The second-order valence-corrected chi connectivity index (χ2v) is 11.9. The molecule has 0 aliphatic carbocycles. The Labute approximate surface area is 254 Å². The van der Waals surface area contributed by atoms with Crippen molar-refractivity contribution in [2.45, 2.75) is 39.3 Å². The number of fused-ring (bicyclic) bond motifs is 2. The Bertz CT molecular complexity index is 1700. The number of imidazole rings is 1. The van der Waals surface area contributed by atoms with Gasteiger partial charge in [0, 0.05) is 36.3 Å². The van der Waals surface area contributed by atoms with Gasteiger partial charge in [-0.1, -0.05) is 23.7 Å². The van der Waals surface area contributed by atoms with Crippen LogP contribution in [0, 0.1) is 12.7 Å². The van der Waals surface area contributed by atoms with E-state index in [9.17, 15) is 14.0 Å². The Morgan fingerprint density at radius 1 is 1.14 bits per heavy atom. The van der Waals surface area contributed by atoms with E-state index < -0.39 is 23.6 Å². The van der Waals surface area contributed by atoms with Gasteiger partial charge >= 0.3 is 6.09 Å². The van der Waals surface area contributed by atoms with E-state index >= 15 is 0 Å². The topological polar surface area (TPSA) is 85.6 Å². The zero-order chi connectivity index (χ0) is 31.1. The summed E-state index contributed by atoms with van der Waals surface area (Å²) in [6.07, 6.45) is -0.505. The van der Waals surface area contributed by atoms with E-state index in [-0.39, 0.29) is 31.2 Å². The highest BCUT2D eigenvalue weighted by Crippen LogP contribution is 2.39. The van der Waals surface area contributed by atoms with Crippen molar-refractivity contribution in [3.8, 4) is 22.9 Å². The van der Waals surface area contributed by atoms with Gasteiger partial charge in [-0.05, 0) is 75.7 Å². The number of amides is 2. The number of hydrogen-bond donors (Lipinski definition) is 0. The maximum Gasteiger partial charge on any atom is 0.410 e. The first-order valence-electron chi connectivity index (χ1n) is 13.9. The first-order valence-corrected chi connectivity index (χ1v) is 14.2. The molecule has 0 saturated heterocycles. The van der Waals surface area contributed by atoms with E-state index in [0.717, 1.165) is 5.56 Å². The van der Waals surface area contributed by atoms with Gasteiger partial charge in [-0.2, -0.15) is 0 Å². The molecule has 4 aromatic rings. The molecule has 11 heteroatoms. The summed E-state index contributed by atoms with van der Waals surface area (Å²) in [6.45, 7) is 7.57. The van der Waals surface area contributed by atoms with Crippen LogP contribution in [0.3, 0.4) is 0 Å². The van der Waals surface area contributed by atoms with E-state index in [0.29, 0.717) is 39.1 Å². The number of benzene rings is 2. The zero-order valence-electron chi connectivity index (χ0n) is 25.0. The van der Waals surface area contributed by atoms with Gasteiger partial charge < -0.3 is 24.0 Å². The summed E-state index contributed by atoms with van der Waals surface area (Å²) >= 11 is 6.22. The molecule has 43 heavy (non-hydrogen) atoms. The second-order valence-electron chi connectivity index (χ2n) is 11.4. The molecule has 2 aromatic heterocycles. The van der Waals surface area contributed by atoms with Gasteiger partial charge in [0.15, 0.2) is 11.6 Å². The summed E-state index contributed by atoms with van der Waals surface area (Å²) in [7, 11) is 3.16. The van der Waals surface area contributed by atoms with Crippen molar-refractivity contribution in [3.05, 3.63) is 82.3 Å². The molecule has 1 aliphatic heterocycles. The fourth-order valence-corrected chi connectivity index (χ4v) is 5.24. The van der Waals surface area contributed by atoms with E-state index in [4.69, 9.17) is 30.8 Å². The average Bonchev–Trinajstić information content (AvgIpc) is 3.55. The lowest BCUT2D eigenvalue weighted by Crippen LogP contribution is -2.43. The normalized spacial score (nSPS) is 14.3. The molecular weight excluding hydrogens is 575 g/mol. The monoisotopic (exact) mass is 608 g/mol. The van der Waals surface area contributed by atoms with Gasteiger partial charge in [0.25, 0.3) is 5.91 Å². The van der Waals surface area contributed by atoms with Crippen LogP contribution in [0.5, 0.6) is 11.6 Å². The van der Waals surface area contributed by atoms with Gasteiger partial charge in [0.1, 0.15) is 29.4 Å². The molecule has 0 bridgehead atoms. The molecule has 3 heterocycles. The molecule has 2 aromatic carbocycles. The van der Waals surface area contributed by atoms with Gasteiger partial charge in [-0.15, -0.1) is 0 Å². The van der Waals surface area contributed by atoms with Crippen LogP contribution < -0.4 is 9.47 Å². The fourth-order valence-electron chi connectivity index (χ4n) is 5.08. The minimum Gasteiger partial charge on any atom is -0.491 e. The molecular formula is C32H34ClFN4O5. The molecule has 5 rings (SSSR count). The molecule has 9 nitrogen and oxygen atoms in total. The first-order chi connectivity index (χ1) is 20.4. The number of rotatable bonds is 7. The third-order valence-corrected chi connectivity index (χ3v) is 7.44. The van der Waals surface area contributed by atoms with Crippen LogP contribution in [0.1, 0.15) is 48.4 Å². The quantitative estimate of drug-likeness (QED) is 0.236.